The molecule has 0 unspecified atom stereocenters. The van der Waals surface area contributed by atoms with Gasteiger partial charge < -0.3 is 4.90 Å². The van der Waals surface area contributed by atoms with E-state index in [1.807, 2.05) is 31.2 Å². The van der Waals surface area contributed by atoms with Crippen molar-refractivity contribution in [3.63, 3.8) is 0 Å². The molecule has 6 heteroatoms. The topological polar surface area (TPSA) is 57.7 Å². The lowest BCUT2D eigenvalue weighted by atomic mass is 10.0. The molecule has 2 heterocycles. The summed E-state index contributed by atoms with van der Waals surface area (Å²) in [5.41, 5.74) is 3.58. The van der Waals surface area contributed by atoms with Crippen LogP contribution in [0.2, 0.25) is 0 Å². The van der Waals surface area contributed by atoms with Gasteiger partial charge in [-0.2, -0.15) is 0 Å². The van der Waals surface area contributed by atoms with Crippen molar-refractivity contribution in [2.75, 3.05) is 15.7 Å². The van der Waals surface area contributed by atoms with Crippen LogP contribution in [0, 0.1) is 0 Å². The second-order valence-electron chi connectivity index (χ2n) is 7.04. The van der Waals surface area contributed by atoms with Crippen molar-refractivity contribution in [3.05, 3.63) is 53.6 Å². The Morgan fingerprint density at radius 1 is 1.08 bits per heavy atom. The molecular weight excluding hydrogens is 348 g/mol. The van der Waals surface area contributed by atoms with Crippen molar-refractivity contribution < 1.29 is 13.2 Å². The zero-order valence-electron chi connectivity index (χ0n) is 15.0. The number of fused-ring (bicyclic) bond motifs is 2. The minimum absolute atomic E-state index is 0.0168. The first-order valence-corrected chi connectivity index (χ1v) is 10.4. The second kappa shape index (κ2) is 6.13. The maximum absolute atomic E-state index is 13.3. The number of carbonyl (C=O) groups is 1. The number of rotatable bonds is 2. The minimum atomic E-state index is -3.62. The number of anilines is 2. The van der Waals surface area contributed by atoms with Gasteiger partial charge >= 0.3 is 0 Å². The molecule has 2 aliphatic rings. The highest BCUT2D eigenvalue weighted by Crippen LogP contribution is 2.36. The molecule has 2 aliphatic heterocycles. The average molecular weight is 370 g/mol. The van der Waals surface area contributed by atoms with E-state index in [1.165, 1.54) is 4.31 Å². The Morgan fingerprint density at radius 3 is 2.62 bits per heavy atom. The van der Waals surface area contributed by atoms with Crippen LogP contribution < -0.4 is 9.21 Å². The monoisotopic (exact) mass is 370 g/mol. The zero-order valence-corrected chi connectivity index (χ0v) is 15.8. The van der Waals surface area contributed by atoms with Crippen LogP contribution in [0.15, 0.2) is 47.4 Å². The van der Waals surface area contributed by atoms with Crippen molar-refractivity contribution in [2.24, 2.45) is 0 Å². The lowest BCUT2D eigenvalue weighted by Gasteiger charge is -2.30. The van der Waals surface area contributed by atoms with E-state index in [-0.39, 0.29) is 11.9 Å². The summed E-state index contributed by atoms with van der Waals surface area (Å²) < 4.78 is 28.1. The van der Waals surface area contributed by atoms with Gasteiger partial charge in [-0.25, -0.2) is 8.42 Å². The number of sulfonamides is 1. The fraction of sp³-hybridized carbons (Fsp3) is 0.350. The molecule has 0 saturated heterocycles. The normalized spacial score (nSPS) is 19.2. The highest BCUT2D eigenvalue weighted by Gasteiger charge is 2.33. The van der Waals surface area contributed by atoms with E-state index in [4.69, 9.17) is 0 Å². The van der Waals surface area contributed by atoms with Gasteiger partial charge in [0.25, 0.3) is 10.0 Å². The van der Waals surface area contributed by atoms with E-state index in [2.05, 4.69) is 0 Å². The van der Waals surface area contributed by atoms with Crippen LogP contribution >= 0.6 is 0 Å². The molecular formula is C20H22N2O3S. The summed E-state index contributed by atoms with van der Waals surface area (Å²) in [7, 11) is -3.62. The van der Waals surface area contributed by atoms with Crippen molar-refractivity contribution >= 4 is 27.3 Å². The van der Waals surface area contributed by atoms with Crippen LogP contribution in [0.1, 0.15) is 31.4 Å². The van der Waals surface area contributed by atoms with Crippen LogP contribution in [-0.2, 0) is 27.7 Å². The van der Waals surface area contributed by atoms with E-state index in [1.54, 1.807) is 30.0 Å². The zero-order chi connectivity index (χ0) is 18.5. The van der Waals surface area contributed by atoms with Crippen molar-refractivity contribution in [3.8, 4) is 0 Å². The fourth-order valence-corrected chi connectivity index (χ4v) is 5.72. The van der Waals surface area contributed by atoms with Gasteiger partial charge in [0.2, 0.25) is 5.91 Å². The van der Waals surface area contributed by atoms with Gasteiger partial charge in [-0.05, 0) is 61.6 Å². The minimum Gasteiger partial charge on any atom is -0.309 e. The Kier molecular flexibility index (Phi) is 4.03. The summed E-state index contributed by atoms with van der Waals surface area (Å²) in [5.74, 6) is -0.0168. The van der Waals surface area contributed by atoms with Crippen LogP contribution in [0.4, 0.5) is 11.4 Å². The van der Waals surface area contributed by atoms with Gasteiger partial charge in [0, 0.05) is 25.2 Å². The molecule has 2 aromatic rings. The molecule has 4 rings (SSSR count). The first-order chi connectivity index (χ1) is 12.4. The first-order valence-electron chi connectivity index (χ1n) is 8.93. The Bertz CT molecular complexity index is 984. The number of hydrogen-bond acceptors (Lipinski definition) is 3. The van der Waals surface area contributed by atoms with Crippen molar-refractivity contribution in [1.29, 1.82) is 0 Å². The summed E-state index contributed by atoms with van der Waals surface area (Å²) in [6, 6.07) is 12.9. The van der Waals surface area contributed by atoms with E-state index >= 15 is 0 Å². The predicted molar refractivity (Wildman–Crippen MR) is 102 cm³/mol. The third-order valence-corrected chi connectivity index (χ3v) is 7.07. The summed E-state index contributed by atoms with van der Waals surface area (Å²) in [4.78, 5) is 13.9. The van der Waals surface area contributed by atoms with Gasteiger partial charge in [0.05, 0.1) is 10.6 Å². The molecule has 0 aromatic heterocycles. The summed E-state index contributed by atoms with van der Waals surface area (Å²) in [6.45, 7) is 4.02. The summed E-state index contributed by atoms with van der Waals surface area (Å²) in [6.07, 6.45) is 2.39. The third-order valence-electron chi connectivity index (χ3n) is 5.26. The molecule has 2 aromatic carbocycles. The SMILES string of the molecule is CC(=O)N1c2ccc(S(=O)(=O)N3CCCc4ccccc43)cc2C[C@@H]1C. The van der Waals surface area contributed by atoms with Crippen molar-refractivity contribution in [2.45, 2.75) is 44.0 Å². The number of nitrogens with zero attached hydrogens (tertiary/aromatic N) is 2. The number of carbonyl (C=O) groups excluding carboxylic acids is 1. The molecule has 0 fully saturated rings. The molecule has 0 aliphatic carbocycles. The lowest BCUT2D eigenvalue weighted by Crippen LogP contribution is -2.35. The summed E-state index contributed by atoms with van der Waals surface area (Å²) >= 11 is 0. The van der Waals surface area contributed by atoms with Gasteiger partial charge in [-0.1, -0.05) is 18.2 Å². The quantitative estimate of drug-likeness (QED) is 0.816. The molecule has 1 atom stereocenters. The fourth-order valence-electron chi connectivity index (χ4n) is 4.12. The Hall–Kier alpha value is -2.34. The lowest BCUT2D eigenvalue weighted by molar-refractivity contribution is -0.116. The number of para-hydroxylation sites is 1. The third kappa shape index (κ3) is 2.60. The van der Waals surface area contributed by atoms with Gasteiger partial charge in [0.1, 0.15) is 0 Å². The van der Waals surface area contributed by atoms with E-state index < -0.39 is 10.0 Å². The van der Waals surface area contributed by atoms with Crippen LogP contribution in [0.5, 0.6) is 0 Å². The molecule has 0 radical (unpaired) electrons. The van der Waals surface area contributed by atoms with Crippen molar-refractivity contribution in [1.82, 2.24) is 0 Å². The highest BCUT2D eigenvalue weighted by molar-refractivity contribution is 7.92. The molecule has 1 amide bonds. The molecule has 0 bridgehead atoms. The maximum atomic E-state index is 13.3. The highest BCUT2D eigenvalue weighted by atomic mass is 32.2. The maximum Gasteiger partial charge on any atom is 0.264 e. The molecule has 5 nitrogen and oxygen atoms in total. The van der Waals surface area contributed by atoms with Gasteiger partial charge in [0.15, 0.2) is 0 Å². The predicted octanol–water partition coefficient (Wildman–Crippen LogP) is 3.13. The van der Waals surface area contributed by atoms with Crippen LogP contribution in [0.25, 0.3) is 0 Å². The molecule has 0 N–H and O–H groups in total. The first kappa shape index (κ1) is 17.1. The molecule has 26 heavy (non-hydrogen) atoms. The summed E-state index contributed by atoms with van der Waals surface area (Å²) in [5, 5.41) is 0. The van der Waals surface area contributed by atoms with Gasteiger partial charge in [-0.15, -0.1) is 0 Å². The van der Waals surface area contributed by atoms with E-state index in [0.717, 1.165) is 35.3 Å². The van der Waals surface area contributed by atoms with E-state index in [0.29, 0.717) is 17.9 Å². The second-order valence-corrected chi connectivity index (χ2v) is 8.90. The number of benzene rings is 2. The number of amides is 1. The van der Waals surface area contributed by atoms with Crippen LogP contribution in [-0.4, -0.2) is 26.9 Å². The van der Waals surface area contributed by atoms with Crippen LogP contribution in [0.3, 0.4) is 0 Å². The Morgan fingerprint density at radius 2 is 1.85 bits per heavy atom. The molecule has 136 valence electrons. The number of aryl methyl sites for hydroxylation is 1. The van der Waals surface area contributed by atoms with E-state index in [9.17, 15) is 13.2 Å². The Balaban J connectivity index is 1.75. The number of hydrogen-bond donors (Lipinski definition) is 0. The molecule has 0 spiro atoms. The average Bonchev–Trinajstić information content (AvgIpc) is 2.96. The standard InChI is InChI=1S/C20H22N2O3S/c1-14-12-17-13-18(9-10-20(17)22(14)15(2)23)26(24,25)21-11-5-7-16-6-3-4-8-19(16)21/h3-4,6,8-10,13-14H,5,7,11-12H2,1-2H3/t14-/m0/s1. The van der Waals surface area contributed by atoms with Gasteiger partial charge in [-0.3, -0.25) is 9.10 Å². The largest absolute Gasteiger partial charge is 0.309 e. The molecule has 0 saturated carbocycles. The smallest absolute Gasteiger partial charge is 0.264 e. The Labute approximate surface area is 154 Å².